The highest BCUT2D eigenvalue weighted by Gasteiger charge is 2.44. The lowest BCUT2D eigenvalue weighted by Gasteiger charge is -2.43. The molecule has 10 heteroatoms. The molecule has 3 aromatic carbocycles. The van der Waals surface area contributed by atoms with Crippen LogP contribution >= 0.6 is 0 Å². The first-order valence-corrected chi connectivity index (χ1v) is 17.1. The quantitative estimate of drug-likeness (QED) is 0.355. The summed E-state index contributed by atoms with van der Waals surface area (Å²) in [7, 11) is 0. The van der Waals surface area contributed by atoms with Gasteiger partial charge in [-0.25, -0.2) is 9.59 Å². The van der Waals surface area contributed by atoms with Gasteiger partial charge in [0, 0.05) is 52.2 Å². The number of hydrogen-bond donors (Lipinski definition) is 2. The number of piperidine rings is 1. The Hall–Kier alpha value is -4.60. The zero-order valence-electron chi connectivity index (χ0n) is 28.7. The van der Waals surface area contributed by atoms with Crippen LogP contribution in [0, 0.1) is 5.41 Å². The molecule has 10 nitrogen and oxygen atoms in total. The molecule has 2 N–H and O–H groups in total. The number of rotatable bonds is 8. The van der Waals surface area contributed by atoms with E-state index in [1.807, 2.05) is 94.4 Å². The highest BCUT2D eigenvalue weighted by atomic mass is 16.6. The predicted molar refractivity (Wildman–Crippen MR) is 186 cm³/mol. The molecule has 2 heterocycles. The lowest BCUT2D eigenvalue weighted by atomic mass is 9.74. The highest BCUT2D eigenvalue weighted by molar-refractivity contribution is 5.90. The van der Waals surface area contributed by atoms with Crippen LogP contribution in [0.1, 0.15) is 51.7 Å². The van der Waals surface area contributed by atoms with E-state index in [4.69, 9.17) is 4.74 Å². The molecule has 5 rings (SSSR count). The van der Waals surface area contributed by atoms with Gasteiger partial charge in [0.05, 0.1) is 5.41 Å². The van der Waals surface area contributed by atoms with E-state index in [1.165, 1.54) is 0 Å². The zero-order chi connectivity index (χ0) is 34.3. The van der Waals surface area contributed by atoms with Crippen LogP contribution in [0.4, 0.5) is 9.59 Å². The summed E-state index contributed by atoms with van der Waals surface area (Å²) in [5, 5.41) is 8.24. The normalized spacial score (nSPS) is 19.0. The maximum Gasteiger partial charge on any atom is 0.410 e. The van der Waals surface area contributed by atoms with Crippen LogP contribution < -0.4 is 10.6 Å². The summed E-state index contributed by atoms with van der Waals surface area (Å²) in [5.41, 5.74) is 0.593. The van der Waals surface area contributed by atoms with Gasteiger partial charge in [-0.15, -0.1) is 0 Å². The van der Waals surface area contributed by atoms with Crippen LogP contribution in [0.2, 0.25) is 0 Å². The number of nitrogens with zero attached hydrogens (tertiary/aromatic N) is 3. The van der Waals surface area contributed by atoms with E-state index < -0.39 is 23.2 Å². The number of urea groups is 1. The zero-order valence-corrected chi connectivity index (χ0v) is 28.7. The average Bonchev–Trinajstić information content (AvgIpc) is 3.07. The van der Waals surface area contributed by atoms with Crippen LogP contribution in [0.15, 0.2) is 72.8 Å². The Morgan fingerprint density at radius 2 is 1.48 bits per heavy atom. The molecule has 0 unspecified atom stereocenters. The number of carbonyl (C=O) groups excluding carboxylic acids is 4. The molecule has 0 aliphatic carbocycles. The van der Waals surface area contributed by atoms with Gasteiger partial charge < -0.3 is 30.1 Å². The summed E-state index contributed by atoms with van der Waals surface area (Å²) >= 11 is 0. The number of piperazine rings is 1. The van der Waals surface area contributed by atoms with Gasteiger partial charge >= 0.3 is 12.1 Å². The number of fused-ring (bicyclic) bond motifs is 1. The summed E-state index contributed by atoms with van der Waals surface area (Å²) in [6.45, 7) is 9.99. The molecule has 2 aliphatic heterocycles. The molecule has 256 valence electrons. The summed E-state index contributed by atoms with van der Waals surface area (Å²) < 4.78 is 5.51. The first-order valence-electron chi connectivity index (χ1n) is 17.1. The van der Waals surface area contributed by atoms with Crippen LogP contribution in [0.5, 0.6) is 0 Å². The molecule has 48 heavy (non-hydrogen) atoms. The lowest BCUT2D eigenvalue weighted by Crippen LogP contribution is -2.60. The molecule has 2 aliphatic rings. The minimum absolute atomic E-state index is 0.0515. The first-order chi connectivity index (χ1) is 23.0. The Morgan fingerprint density at radius 1 is 0.812 bits per heavy atom. The van der Waals surface area contributed by atoms with Crippen molar-refractivity contribution in [1.29, 1.82) is 0 Å². The fourth-order valence-corrected chi connectivity index (χ4v) is 6.75. The number of hydrogen-bond acceptors (Lipinski definition) is 5. The van der Waals surface area contributed by atoms with Crippen molar-refractivity contribution in [1.82, 2.24) is 25.3 Å². The van der Waals surface area contributed by atoms with Gasteiger partial charge in [-0.05, 0) is 68.9 Å². The van der Waals surface area contributed by atoms with E-state index in [9.17, 15) is 19.2 Å². The molecule has 0 aromatic heterocycles. The van der Waals surface area contributed by atoms with Crippen molar-refractivity contribution < 1.29 is 23.9 Å². The molecule has 2 saturated heterocycles. The van der Waals surface area contributed by atoms with Crippen LogP contribution in [0.25, 0.3) is 10.8 Å². The summed E-state index contributed by atoms with van der Waals surface area (Å²) in [4.78, 5) is 59.4. The Bertz CT molecular complexity index is 1600. The Labute approximate surface area is 283 Å². The summed E-state index contributed by atoms with van der Waals surface area (Å²) in [6.07, 6.45) is 1.77. The minimum atomic E-state index is -0.843. The van der Waals surface area contributed by atoms with Crippen LogP contribution in [-0.2, 0) is 27.2 Å². The van der Waals surface area contributed by atoms with E-state index in [0.29, 0.717) is 65.0 Å². The highest BCUT2D eigenvalue weighted by Crippen LogP contribution is 2.35. The number of nitrogens with one attached hydrogen (secondary N) is 2. The fourth-order valence-electron chi connectivity index (χ4n) is 6.75. The van der Waals surface area contributed by atoms with Gasteiger partial charge in [-0.2, -0.15) is 0 Å². The lowest BCUT2D eigenvalue weighted by molar-refractivity contribution is -0.142. The van der Waals surface area contributed by atoms with Crippen molar-refractivity contribution in [3.63, 3.8) is 0 Å². The first kappa shape index (κ1) is 34.7. The Morgan fingerprint density at radius 3 is 2.17 bits per heavy atom. The van der Waals surface area contributed by atoms with E-state index in [-0.39, 0.29) is 24.4 Å². The third kappa shape index (κ3) is 8.65. The molecule has 2 fully saturated rings. The SMILES string of the molecule is CCNC(=O)[C@]1(Cc2ccccc2)CCCN(C(=O)[C@@H](Cc2ccc3ccccc3c2)NC(=O)N2CCN(C(=O)OC(C)(C)C)CC2)C1. The second-order valence-corrected chi connectivity index (χ2v) is 14.0. The van der Waals surface area contributed by atoms with Gasteiger partial charge in [0.25, 0.3) is 0 Å². The van der Waals surface area contributed by atoms with Crippen molar-refractivity contribution in [2.45, 2.75) is 65.0 Å². The number of amides is 5. The maximum absolute atomic E-state index is 14.5. The van der Waals surface area contributed by atoms with Crippen LogP contribution in [-0.4, -0.2) is 96.1 Å². The fraction of sp³-hybridized carbons (Fsp3) is 0.474. The number of likely N-dealkylation sites (tertiary alicyclic amines) is 1. The third-order valence-corrected chi connectivity index (χ3v) is 9.16. The second-order valence-electron chi connectivity index (χ2n) is 14.0. The minimum Gasteiger partial charge on any atom is -0.444 e. The van der Waals surface area contributed by atoms with Crippen molar-refractivity contribution >= 4 is 34.7 Å². The van der Waals surface area contributed by atoms with Gasteiger partial charge in [0.2, 0.25) is 11.8 Å². The standard InChI is InChI=1S/C38H49N5O5/c1-5-39-34(45)38(26-28-12-7-6-8-13-28)18-11-19-43(27-38)33(44)32(25-29-16-17-30-14-9-10-15-31(30)24-29)40-35(46)41-20-22-42(23-21-41)36(47)48-37(2,3)4/h6-10,12-17,24,32H,5,11,18-23,25-27H2,1-4H3,(H,39,45)(H,40,46)/t32-,38+/m1/s1. The Kier molecular flexibility index (Phi) is 10.9. The summed E-state index contributed by atoms with van der Waals surface area (Å²) in [5.74, 6) is -0.255. The smallest absolute Gasteiger partial charge is 0.410 e. The monoisotopic (exact) mass is 655 g/mol. The van der Waals surface area contributed by atoms with E-state index in [0.717, 1.165) is 21.9 Å². The maximum atomic E-state index is 14.5. The van der Waals surface area contributed by atoms with E-state index >= 15 is 0 Å². The molecule has 0 saturated carbocycles. The van der Waals surface area contributed by atoms with Crippen molar-refractivity contribution in [2.24, 2.45) is 5.41 Å². The van der Waals surface area contributed by atoms with Gasteiger partial charge in [0.1, 0.15) is 11.6 Å². The number of carbonyl (C=O) groups is 4. The molecule has 0 spiro atoms. The topological polar surface area (TPSA) is 111 Å². The molecule has 3 aromatic rings. The van der Waals surface area contributed by atoms with Gasteiger partial charge in [-0.3, -0.25) is 9.59 Å². The molecule has 0 radical (unpaired) electrons. The Balaban J connectivity index is 1.35. The molecule has 0 bridgehead atoms. The molecule has 5 amide bonds. The van der Waals surface area contributed by atoms with Gasteiger partial charge in [-0.1, -0.05) is 72.8 Å². The largest absolute Gasteiger partial charge is 0.444 e. The van der Waals surface area contributed by atoms with Gasteiger partial charge in [0.15, 0.2) is 0 Å². The van der Waals surface area contributed by atoms with E-state index in [2.05, 4.69) is 16.7 Å². The predicted octanol–water partition coefficient (Wildman–Crippen LogP) is 5.00. The molecule has 2 atom stereocenters. The number of benzene rings is 3. The van der Waals surface area contributed by atoms with Crippen molar-refractivity contribution in [3.05, 3.63) is 83.9 Å². The van der Waals surface area contributed by atoms with E-state index in [1.54, 1.807) is 14.7 Å². The second kappa shape index (κ2) is 15.1. The molecular weight excluding hydrogens is 606 g/mol. The third-order valence-electron chi connectivity index (χ3n) is 9.16. The number of ether oxygens (including phenoxy) is 1. The van der Waals surface area contributed by atoms with Crippen molar-refractivity contribution in [3.8, 4) is 0 Å². The average molecular weight is 656 g/mol. The molecular formula is C38H49N5O5. The van der Waals surface area contributed by atoms with Crippen molar-refractivity contribution in [2.75, 3.05) is 45.8 Å². The summed E-state index contributed by atoms with van der Waals surface area (Å²) in [6, 6.07) is 22.9. The van der Waals surface area contributed by atoms with Crippen LogP contribution in [0.3, 0.4) is 0 Å².